The summed E-state index contributed by atoms with van der Waals surface area (Å²) in [5.74, 6) is 1.02. The quantitative estimate of drug-likeness (QED) is 0.680. The third-order valence-electron chi connectivity index (χ3n) is 2.61. The Balaban J connectivity index is 2.48. The van der Waals surface area contributed by atoms with Gasteiger partial charge in [0.25, 0.3) is 0 Å². The summed E-state index contributed by atoms with van der Waals surface area (Å²) in [6.07, 6.45) is 2.88. The molecule has 0 aliphatic rings. The first-order valence-electron chi connectivity index (χ1n) is 6.26. The minimum Gasteiger partial charge on any atom is -0.316 e. The van der Waals surface area contributed by atoms with Crippen LogP contribution in [0.3, 0.4) is 0 Å². The molecule has 0 spiro atoms. The highest BCUT2D eigenvalue weighted by Crippen LogP contribution is 2.08. The second-order valence-corrected chi connectivity index (χ2v) is 7.14. The van der Waals surface area contributed by atoms with Gasteiger partial charge in [-0.25, -0.2) is 13.1 Å². The summed E-state index contributed by atoms with van der Waals surface area (Å²) in [4.78, 5) is 0. The van der Waals surface area contributed by atoms with Crippen molar-refractivity contribution in [1.82, 2.24) is 10.0 Å². The molecule has 6 heteroatoms. The van der Waals surface area contributed by atoms with Crippen LogP contribution in [-0.2, 0) is 22.3 Å². The fraction of sp³-hybridized carbons (Fsp3) is 0.538. The van der Waals surface area contributed by atoms with Crippen LogP contribution in [0.1, 0.15) is 17.5 Å². The van der Waals surface area contributed by atoms with Gasteiger partial charge in [0.15, 0.2) is 0 Å². The van der Waals surface area contributed by atoms with Crippen LogP contribution < -0.4 is 10.0 Å². The zero-order chi connectivity index (χ0) is 14.1. The number of hydrogen-bond acceptors (Lipinski definition) is 4. The van der Waals surface area contributed by atoms with E-state index in [0.29, 0.717) is 6.54 Å². The average molecular weight is 302 g/mol. The van der Waals surface area contributed by atoms with Crippen molar-refractivity contribution in [3.05, 3.63) is 35.4 Å². The molecule has 1 rings (SSSR count). The second kappa shape index (κ2) is 8.58. The van der Waals surface area contributed by atoms with Crippen LogP contribution in [0.4, 0.5) is 0 Å². The molecule has 0 fully saturated rings. The largest absolute Gasteiger partial charge is 0.316 e. The molecule has 0 heterocycles. The highest BCUT2D eigenvalue weighted by Gasteiger charge is 2.10. The number of sulfonamides is 1. The van der Waals surface area contributed by atoms with Crippen molar-refractivity contribution in [2.75, 3.05) is 25.6 Å². The van der Waals surface area contributed by atoms with E-state index in [2.05, 4.69) is 10.0 Å². The standard InChI is InChI=1S/C13H22N2O2S2/c1-14-10-12-4-6-13(7-5-12)11-19(16,17)15-8-3-9-18-2/h4-7,14-15H,3,8-11H2,1-2H3. The molecule has 0 saturated carbocycles. The Bertz CT molecular complexity index is 458. The van der Waals surface area contributed by atoms with Gasteiger partial charge in [0, 0.05) is 13.1 Å². The van der Waals surface area contributed by atoms with E-state index >= 15 is 0 Å². The molecule has 0 aliphatic carbocycles. The van der Waals surface area contributed by atoms with Gasteiger partial charge in [-0.05, 0) is 36.6 Å². The molecule has 1 aromatic rings. The maximum absolute atomic E-state index is 11.8. The molecule has 0 aliphatic heterocycles. The molecule has 0 amide bonds. The number of thioether (sulfide) groups is 1. The lowest BCUT2D eigenvalue weighted by Gasteiger charge is -2.07. The number of benzene rings is 1. The second-order valence-electron chi connectivity index (χ2n) is 4.35. The zero-order valence-corrected chi connectivity index (χ0v) is 13.1. The third-order valence-corrected chi connectivity index (χ3v) is 4.66. The van der Waals surface area contributed by atoms with Crippen LogP contribution >= 0.6 is 11.8 Å². The summed E-state index contributed by atoms with van der Waals surface area (Å²) in [6, 6.07) is 7.64. The van der Waals surface area contributed by atoms with E-state index in [1.807, 2.05) is 37.6 Å². The van der Waals surface area contributed by atoms with E-state index in [-0.39, 0.29) is 5.75 Å². The Morgan fingerprint density at radius 3 is 2.37 bits per heavy atom. The maximum atomic E-state index is 11.8. The monoisotopic (exact) mass is 302 g/mol. The van der Waals surface area contributed by atoms with Crippen molar-refractivity contribution >= 4 is 21.8 Å². The van der Waals surface area contributed by atoms with Crippen LogP contribution in [0.15, 0.2) is 24.3 Å². The topological polar surface area (TPSA) is 58.2 Å². The van der Waals surface area contributed by atoms with E-state index in [1.54, 1.807) is 11.8 Å². The summed E-state index contributed by atoms with van der Waals surface area (Å²) in [5, 5.41) is 3.06. The number of nitrogens with one attached hydrogen (secondary N) is 2. The first kappa shape index (κ1) is 16.5. The molecule has 0 atom stereocenters. The molecule has 0 radical (unpaired) electrons. The summed E-state index contributed by atoms with van der Waals surface area (Å²) in [6.45, 7) is 1.31. The summed E-state index contributed by atoms with van der Waals surface area (Å²) in [7, 11) is -1.33. The average Bonchev–Trinajstić information content (AvgIpc) is 2.37. The molecule has 1 aromatic carbocycles. The third kappa shape index (κ3) is 6.96. The highest BCUT2D eigenvalue weighted by atomic mass is 32.2. The van der Waals surface area contributed by atoms with Crippen molar-refractivity contribution in [3.63, 3.8) is 0 Å². The fourth-order valence-electron chi connectivity index (χ4n) is 1.67. The Labute approximate surface area is 120 Å². The van der Waals surface area contributed by atoms with Gasteiger partial charge in [0.2, 0.25) is 10.0 Å². The lowest BCUT2D eigenvalue weighted by atomic mass is 10.1. The lowest BCUT2D eigenvalue weighted by molar-refractivity contribution is 0.580. The van der Waals surface area contributed by atoms with Gasteiger partial charge in [0.05, 0.1) is 5.75 Å². The Morgan fingerprint density at radius 2 is 1.79 bits per heavy atom. The predicted molar refractivity (Wildman–Crippen MR) is 82.8 cm³/mol. The van der Waals surface area contributed by atoms with Gasteiger partial charge in [-0.15, -0.1) is 0 Å². The van der Waals surface area contributed by atoms with Gasteiger partial charge < -0.3 is 5.32 Å². The maximum Gasteiger partial charge on any atom is 0.215 e. The SMILES string of the molecule is CNCc1ccc(CS(=O)(=O)NCCCSC)cc1. The summed E-state index contributed by atoms with van der Waals surface area (Å²) < 4.78 is 26.3. The van der Waals surface area contributed by atoms with Crippen LogP contribution in [0.5, 0.6) is 0 Å². The predicted octanol–water partition coefficient (Wildman–Crippen LogP) is 1.58. The van der Waals surface area contributed by atoms with Crippen molar-refractivity contribution in [3.8, 4) is 0 Å². The molecule has 2 N–H and O–H groups in total. The van der Waals surface area contributed by atoms with E-state index in [1.165, 1.54) is 0 Å². The van der Waals surface area contributed by atoms with Gasteiger partial charge in [-0.2, -0.15) is 11.8 Å². The minimum atomic E-state index is -3.22. The number of hydrogen-bond donors (Lipinski definition) is 2. The van der Waals surface area contributed by atoms with Gasteiger partial charge in [-0.1, -0.05) is 24.3 Å². The van der Waals surface area contributed by atoms with Crippen LogP contribution in [-0.4, -0.2) is 34.0 Å². The van der Waals surface area contributed by atoms with Crippen molar-refractivity contribution in [2.24, 2.45) is 0 Å². The Morgan fingerprint density at radius 1 is 1.16 bits per heavy atom. The molecular weight excluding hydrogens is 280 g/mol. The van der Waals surface area contributed by atoms with Crippen LogP contribution in [0.2, 0.25) is 0 Å². The molecule has 0 unspecified atom stereocenters. The minimum absolute atomic E-state index is 0.0477. The normalized spacial score (nSPS) is 11.7. The highest BCUT2D eigenvalue weighted by molar-refractivity contribution is 7.98. The Kier molecular flexibility index (Phi) is 7.45. The van der Waals surface area contributed by atoms with E-state index in [4.69, 9.17) is 0 Å². The smallest absolute Gasteiger partial charge is 0.215 e. The van der Waals surface area contributed by atoms with Crippen LogP contribution in [0, 0.1) is 0 Å². The fourth-order valence-corrected chi connectivity index (χ4v) is 3.29. The van der Waals surface area contributed by atoms with Crippen molar-refractivity contribution in [2.45, 2.75) is 18.7 Å². The van der Waals surface area contributed by atoms with Crippen LogP contribution in [0.25, 0.3) is 0 Å². The first-order valence-corrected chi connectivity index (χ1v) is 9.30. The summed E-state index contributed by atoms with van der Waals surface area (Å²) in [5.41, 5.74) is 1.97. The van der Waals surface area contributed by atoms with E-state index in [9.17, 15) is 8.42 Å². The molecule has 19 heavy (non-hydrogen) atoms. The molecule has 0 saturated heterocycles. The molecule has 4 nitrogen and oxygen atoms in total. The van der Waals surface area contributed by atoms with E-state index in [0.717, 1.165) is 29.8 Å². The lowest BCUT2D eigenvalue weighted by Crippen LogP contribution is -2.26. The van der Waals surface area contributed by atoms with Gasteiger partial charge >= 0.3 is 0 Å². The zero-order valence-electron chi connectivity index (χ0n) is 11.5. The summed E-state index contributed by atoms with van der Waals surface area (Å²) >= 11 is 1.72. The van der Waals surface area contributed by atoms with Gasteiger partial charge in [0.1, 0.15) is 0 Å². The molecular formula is C13H22N2O2S2. The first-order chi connectivity index (χ1) is 9.07. The van der Waals surface area contributed by atoms with Crippen molar-refractivity contribution in [1.29, 1.82) is 0 Å². The Hall–Kier alpha value is -0.560. The molecule has 0 bridgehead atoms. The number of rotatable bonds is 9. The molecule has 0 aromatic heterocycles. The van der Waals surface area contributed by atoms with E-state index < -0.39 is 10.0 Å². The van der Waals surface area contributed by atoms with Gasteiger partial charge in [-0.3, -0.25) is 0 Å². The molecule has 108 valence electrons. The van der Waals surface area contributed by atoms with Crippen molar-refractivity contribution < 1.29 is 8.42 Å².